The lowest BCUT2D eigenvalue weighted by Gasteiger charge is -2.00. The lowest BCUT2D eigenvalue weighted by Crippen LogP contribution is -1.95. The topological polar surface area (TPSA) is 63.3 Å². The predicted molar refractivity (Wildman–Crippen MR) is 47.4 cm³/mol. The Hall–Kier alpha value is -1.91. The largest absolute Gasteiger partial charge is 0.478 e. The van der Waals surface area contributed by atoms with E-state index in [2.05, 4.69) is 0 Å². The van der Waals surface area contributed by atoms with Crippen molar-refractivity contribution in [3.05, 3.63) is 35.4 Å². The molecule has 0 saturated carbocycles. The third-order valence-corrected chi connectivity index (χ3v) is 1.53. The Morgan fingerprint density at radius 1 is 1.36 bits per heavy atom. The predicted octanol–water partition coefficient (Wildman–Crippen LogP) is 1.64. The number of aliphatic carboxylic acids is 1. The molecule has 1 aromatic rings. The summed E-state index contributed by atoms with van der Waals surface area (Å²) in [7, 11) is 0. The summed E-state index contributed by atoms with van der Waals surface area (Å²) in [6.45, 7) is 0. The second-order valence-corrected chi connectivity index (χ2v) is 2.57. The standard InChI is InChI=1S/C9H7F2NO2/c10-6-3-5(1-2-9(13)14)8(12)4-7(6)11/h1-4H,12H2,(H,13,14). The van der Waals surface area contributed by atoms with E-state index in [-0.39, 0.29) is 11.3 Å². The lowest BCUT2D eigenvalue weighted by atomic mass is 10.1. The maximum Gasteiger partial charge on any atom is 0.328 e. The number of benzene rings is 1. The van der Waals surface area contributed by atoms with Gasteiger partial charge in [-0.1, -0.05) is 0 Å². The van der Waals surface area contributed by atoms with E-state index >= 15 is 0 Å². The fourth-order valence-corrected chi connectivity index (χ4v) is 0.883. The van der Waals surface area contributed by atoms with Crippen molar-refractivity contribution in [3.63, 3.8) is 0 Å². The van der Waals surface area contributed by atoms with Crippen molar-refractivity contribution in [1.82, 2.24) is 0 Å². The van der Waals surface area contributed by atoms with Gasteiger partial charge in [0.15, 0.2) is 11.6 Å². The molecule has 0 aromatic heterocycles. The van der Waals surface area contributed by atoms with Crippen molar-refractivity contribution >= 4 is 17.7 Å². The summed E-state index contributed by atoms with van der Waals surface area (Å²) in [6.07, 6.45) is 1.89. The van der Waals surface area contributed by atoms with Crippen LogP contribution >= 0.6 is 0 Å². The zero-order chi connectivity index (χ0) is 10.7. The van der Waals surface area contributed by atoms with Gasteiger partial charge in [-0.25, -0.2) is 13.6 Å². The van der Waals surface area contributed by atoms with Crippen LogP contribution in [0.4, 0.5) is 14.5 Å². The highest BCUT2D eigenvalue weighted by molar-refractivity contribution is 5.86. The van der Waals surface area contributed by atoms with Gasteiger partial charge in [-0.15, -0.1) is 0 Å². The van der Waals surface area contributed by atoms with Crippen LogP contribution in [0.3, 0.4) is 0 Å². The second-order valence-electron chi connectivity index (χ2n) is 2.57. The summed E-state index contributed by atoms with van der Waals surface area (Å²) in [6, 6.07) is 1.64. The minimum absolute atomic E-state index is 0.0126. The average molecular weight is 199 g/mol. The van der Waals surface area contributed by atoms with Crippen LogP contribution in [-0.2, 0) is 4.79 Å². The van der Waals surface area contributed by atoms with E-state index in [0.717, 1.165) is 24.3 Å². The lowest BCUT2D eigenvalue weighted by molar-refractivity contribution is -0.131. The van der Waals surface area contributed by atoms with Crippen molar-refractivity contribution in [2.24, 2.45) is 0 Å². The number of carboxylic acids is 1. The van der Waals surface area contributed by atoms with Crippen molar-refractivity contribution < 1.29 is 18.7 Å². The summed E-state index contributed by atoms with van der Waals surface area (Å²) in [5.74, 6) is -3.31. The zero-order valence-electron chi connectivity index (χ0n) is 7.00. The highest BCUT2D eigenvalue weighted by Crippen LogP contribution is 2.18. The first-order chi connectivity index (χ1) is 6.50. The Kier molecular flexibility index (Phi) is 2.81. The van der Waals surface area contributed by atoms with Gasteiger partial charge >= 0.3 is 5.97 Å². The second kappa shape index (κ2) is 3.87. The molecule has 0 aliphatic heterocycles. The SMILES string of the molecule is Nc1cc(F)c(F)cc1C=CC(=O)O. The highest BCUT2D eigenvalue weighted by Gasteiger charge is 2.05. The number of hydrogen-bond donors (Lipinski definition) is 2. The van der Waals surface area contributed by atoms with E-state index in [9.17, 15) is 13.6 Å². The van der Waals surface area contributed by atoms with Gasteiger partial charge in [-0.05, 0) is 12.1 Å². The first kappa shape index (κ1) is 10.2. The molecule has 0 aliphatic rings. The molecule has 0 unspecified atom stereocenters. The summed E-state index contributed by atoms with van der Waals surface area (Å²) in [5.41, 5.74) is 5.44. The fraction of sp³-hybridized carbons (Fsp3) is 0. The Labute approximate surface area is 78.5 Å². The molecule has 14 heavy (non-hydrogen) atoms. The van der Waals surface area contributed by atoms with Crippen LogP contribution < -0.4 is 5.73 Å². The first-order valence-corrected chi connectivity index (χ1v) is 3.66. The Morgan fingerprint density at radius 3 is 2.50 bits per heavy atom. The van der Waals surface area contributed by atoms with Gasteiger partial charge in [-0.3, -0.25) is 0 Å². The molecular formula is C9H7F2NO2. The number of nitrogens with two attached hydrogens (primary N) is 1. The van der Waals surface area contributed by atoms with Gasteiger partial charge in [0.2, 0.25) is 0 Å². The zero-order valence-corrected chi connectivity index (χ0v) is 7.00. The molecule has 1 aromatic carbocycles. The molecule has 0 spiro atoms. The summed E-state index contributed by atoms with van der Waals surface area (Å²) >= 11 is 0. The van der Waals surface area contributed by atoms with Crippen LogP contribution in [0.5, 0.6) is 0 Å². The van der Waals surface area contributed by atoms with Gasteiger partial charge in [0.05, 0.1) is 0 Å². The number of halogens is 2. The molecule has 0 radical (unpaired) electrons. The van der Waals surface area contributed by atoms with E-state index in [1.165, 1.54) is 0 Å². The number of nitrogen functional groups attached to an aromatic ring is 1. The van der Waals surface area contributed by atoms with Crippen molar-refractivity contribution in [2.75, 3.05) is 5.73 Å². The van der Waals surface area contributed by atoms with Gasteiger partial charge in [0, 0.05) is 23.4 Å². The van der Waals surface area contributed by atoms with E-state index in [4.69, 9.17) is 10.8 Å². The number of hydrogen-bond acceptors (Lipinski definition) is 2. The van der Waals surface area contributed by atoms with Gasteiger partial charge in [-0.2, -0.15) is 0 Å². The number of anilines is 1. The van der Waals surface area contributed by atoms with E-state index in [0.29, 0.717) is 0 Å². The smallest absolute Gasteiger partial charge is 0.328 e. The van der Waals surface area contributed by atoms with Crippen LogP contribution in [0.15, 0.2) is 18.2 Å². The molecule has 3 nitrogen and oxygen atoms in total. The molecule has 0 aliphatic carbocycles. The molecule has 0 amide bonds. The minimum Gasteiger partial charge on any atom is -0.478 e. The van der Waals surface area contributed by atoms with Crippen LogP contribution in [0.25, 0.3) is 6.08 Å². The summed E-state index contributed by atoms with van der Waals surface area (Å²) < 4.78 is 25.2. The normalized spacial score (nSPS) is 10.7. The molecule has 0 saturated heterocycles. The van der Waals surface area contributed by atoms with Gasteiger partial charge in [0.1, 0.15) is 0 Å². The maximum atomic E-state index is 12.7. The fourth-order valence-electron chi connectivity index (χ4n) is 0.883. The Balaban J connectivity index is 3.10. The van der Waals surface area contributed by atoms with E-state index in [1.807, 2.05) is 0 Å². The third-order valence-electron chi connectivity index (χ3n) is 1.53. The average Bonchev–Trinajstić information content (AvgIpc) is 2.09. The molecule has 0 heterocycles. The number of rotatable bonds is 2. The van der Waals surface area contributed by atoms with Crippen molar-refractivity contribution in [3.8, 4) is 0 Å². The van der Waals surface area contributed by atoms with Crippen molar-refractivity contribution in [1.29, 1.82) is 0 Å². The molecule has 74 valence electrons. The quantitative estimate of drug-likeness (QED) is 0.562. The highest BCUT2D eigenvalue weighted by atomic mass is 19.2. The summed E-state index contributed by atoms with van der Waals surface area (Å²) in [4.78, 5) is 10.1. The third kappa shape index (κ3) is 2.29. The van der Waals surface area contributed by atoms with Crippen LogP contribution in [0.2, 0.25) is 0 Å². The van der Waals surface area contributed by atoms with Crippen LogP contribution in [0, 0.1) is 11.6 Å². The van der Waals surface area contributed by atoms with Crippen molar-refractivity contribution in [2.45, 2.75) is 0 Å². The van der Waals surface area contributed by atoms with Crippen LogP contribution in [0.1, 0.15) is 5.56 Å². The van der Waals surface area contributed by atoms with Gasteiger partial charge in [0.25, 0.3) is 0 Å². The van der Waals surface area contributed by atoms with E-state index in [1.54, 1.807) is 0 Å². The molecule has 3 N–H and O–H groups in total. The van der Waals surface area contributed by atoms with Gasteiger partial charge < -0.3 is 10.8 Å². The Bertz CT molecular complexity index is 402. The molecule has 0 bridgehead atoms. The molecule has 0 atom stereocenters. The molecule has 5 heteroatoms. The molecular weight excluding hydrogens is 192 g/mol. The molecule has 0 fully saturated rings. The maximum absolute atomic E-state index is 12.7. The monoisotopic (exact) mass is 199 g/mol. The Morgan fingerprint density at radius 2 is 1.93 bits per heavy atom. The minimum atomic E-state index is -1.19. The molecule has 1 rings (SSSR count). The van der Waals surface area contributed by atoms with E-state index < -0.39 is 17.6 Å². The number of carbonyl (C=O) groups is 1. The van der Waals surface area contributed by atoms with Crippen LogP contribution in [-0.4, -0.2) is 11.1 Å². The first-order valence-electron chi connectivity index (χ1n) is 3.66. The summed E-state index contributed by atoms with van der Waals surface area (Å²) in [5, 5.41) is 8.29. The number of carboxylic acid groups (broad SMARTS) is 1.